The van der Waals surface area contributed by atoms with E-state index in [1.54, 1.807) is 14.2 Å². The second-order valence-electron chi connectivity index (χ2n) is 6.36. The molecule has 1 heterocycles. The summed E-state index contributed by atoms with van der Waals surface area (Å²) in [6, 6.07) is 6.77. The summed E-state index contributed by atoms with van der Waals surface area (Å²) in [4.78, 5) is 2.64. The van der Waals surface area contributed by atoms with Crippen LogP contribution >= 0.6 is 0 Å². The lowest BCUT2D eigenvalue weighted by atomic mass is 9.89. The van der Waals surface area contributed by atoms with Crippen molar-refractivity contribution in [1.29, 1.82) is 0 Å². The second-order valence-corrected chi connectivity index (χ2v) is 6.36. The molecule has 1 aromatic rings. The minimum absolute atomic E-state index is 0.453. The molecule has 4 heteroatoms. The highest BCUT2D eigenvalue weighted by Gasteiger charge is 2.34. The van der Waals surface area contributed by atoms with E-state index < -0.39 is 0 Å². The quantitative estimate of drug-likeness (QED) is 0.907. The summed E-state index contributed by atoms with van der Waals surface area (Å²) in [5.41, 5.74) is 1.30. The van der Waals surface area contributed by atoms with Crippen molar-refractivity contribution in [2.45, 2.75) is 31.7 Å². The van der Waals surface area contributed by atoms with Gasteiger partial charge in [-0.3, -0.25) is 4.90 Å². The molecule has 1 saturated heterocycles. The molecule has 4 nitrogen and oxygen atoms in total. The Hall–Kier alpha value is -1.26. The van der Waals surface area contributed by atoms with E-state index in [9.17, 15) is 0 Å². The van der Waals surface area contributed by atoms with Crippen molar-refractivity contribution in [3.05, 3.63) is 23.8 Å². The number of hydrogen-bond acceptors (Lipinski definition) is 4. The number of nitrogens with one attached hydrogen (secondary N) is 1. The Kier molecular flexibility index (Phi) is 5.21. The molecule has 0 bridgehead atoms. The van der Waals surface area contributed by atoms with Crippen molar-refractivity contribution in [2.24, 2.45) is 5.92 Å². The molecular formula is C18H28N2O2. The third-order valence-corrected chi connectivity index (χ3v) is 5.14. The van der Waals surface area contributed by atoms with Gasteiger partial charge in [0, 0.05) is 37.8 Å². The summed E-state index contributed by atoms with van der Waals surface area (Å²) in [6.45, 7) is 4.38. The summed E-state index contributed by atoms with van der Waals surface area (Å²) in [5, 5.41) is 3.47. The predicted molar refractivity (Wildman–Crippen MR) is 88.7 cm³/mol. The topological polar surface area (TPSA) is 33.7 Å². The van der Waals surface area contributed by atoms with Gasteiger partial charge in [-0.2, -0.15) is 0 Å². The van der Waals surface area contributed by atoms with E-state index in [0.717, 1.165) is 43.6 Å². The number of nitrogens with zero attached hydrogens (tertiary/aromatic N) is 1. The molecule has 1 aliphatic carbocycles. The lowest BCUT2D eigenvalue weighted by Gasteiger charge is -2.39. The van der Waals surface area contributed by atoms with E-state index in [2.05, 4.69) is 22.3 Å². The molecule has 122 valence electrons. The predicted octanol–water partition coefficient (Wildman–Crippen LogP) is 2.84. The fraction of sp³-hybridized carbons (Fsp3) is 0.667. The van der Waals surface area contributed by atoms with Crippen LogP contribution < -0.4 is 14.8 Å². The lowest BCUT2D eigenvalue weighted by molar-refractivity contribution is 0.122. The van der Waals surface area contributed by atoms with Crippen LogP contribution in [-0.4, -0.2) is 45.3 Å². The highest BCUT2D eigenvalue weighted by Crippen LogP contribution is 2.45. The molecule has 1 aromatic carbocycles. The maximum atomic E-state index is 5.73. The molecule has 0 amide bonds. The Morgan fingerprint density at radius 2 is 1.82 bits per heavy atom. The molecule has 0 unspecified atom stereocenters. The molecule has 0 radical (unpaired) electrons. The summed E-state index contributed by atoms with van der Waals surface area (Å²) >= 11 is 0. The molecule has 1 N–H and O–H groups in total. The van der Waals surface area contributed by atoms with Crippen LogP contribution in [-0.2, 0) is 0 Å². The molecular weight excluding hydrogens is 276 g/mol. The Labute approximate surface area is 133 Å². The Bertz CT molecular complexity index is 480. The lowest BCUT2D eigenvalue weighted by Crippen LogP contribution is -2.46. The van der Waals surface area contributed by atoms with Crippen molar-refractivity contribution in [3.63, 3.8) is 0 Å². The van der Waals surface area contributed by atoms with Gasteiger partial charge in [-0.05, 0) is 24.8 Å². The van der Waals surface area contributed by atoms with Gasteiger partial charge < -0.3 is 14.8 Å². The van der Waals surface area contributed by atoms with Gasteiger partial charge in [-0.15, -0.1) is 0 Å². The average molecular weight is 304 g/mol. The summed E-state index contributed by atoms with van der Waals surface area (Å²) < 4.78 is 11.3. The van der Waals surface area contributed by atoms with Crippen molar-refractivity contribution >= 4 is 0 Å². The average Bonchev–Trinajstić information content (AvgIpc) is 3.10. The number of benzene rings is 1. The fourth-order valence-corrected chi connectivity index (χ4v) is 4.13. The number of rotatable bonds is 5. The van der Waals surface area contributed by atoms with Gasteiger partial charge in [0.15, 0.2) is 11.5 Å². The Balaban J connectivity index is 1.97. The first-order valence-electron chi connectivity index (χ1n) is 8.51. The molecule has 1 aliphatic heterocycles. The van der Waals surface area contributed by atoms with Crippen molar-refractivity contribution in [1.82, 2.24) is 10.2 Å². The standard InChI is InChI=1S/C18H28N2O2/c1-21-16-9-5-8-15(18(16)22-2)17(14-6-3-4-7-14)20-12-10-19-11-13-20/h5,8-9,14,17,19H,3-4,6-7,10-13H2,1-2H3/t17-/m0/s1. The van der Waals surface area contributed by atoms with Crippen LogP contribution in [0.25, 0.3) is 0 Å². The van der Waals surface area contributed by atoms with Gasteiger partial charge >= 0.3 is 0 Å². The maximum Gasteiger partial charge on any atom is 0.165 e. The molecule has 1 saturated carbocycles. The van der Waals surface area contributed by atoms with Crippen LogP contribution in [0.15, 0.2) is 18.2 Å². The van der Waals surface area contributed by atoms with Gasteiger partial charge in [0.1, 0.15) is 0 Å². The molecule has 2 fully saturated rings. The molecule has 0 aromatic heterocycles. The number of ether oxygens (including phenoxy) is 2. The van der Waals surface area contributed by atoms with Crippen LogP contribution in [0, 0.1) is 5.92 Å². The molecule has 0 spiro atoms. The smallest absolute Gasteiger partial charge is 0.165 e. The zero-order valence-corrected chi connectivity index (χ0v) is 13.8. The molecule has 1 atom stereocenters. The minimum atomic E-state index is 0.453. The largest absolute Gasteiger partial charge is 0.493 e. The third-order valence-electron chi connectivity index (χ3n) is 5.14. The number of piperazine rings is 1. The number of methoxy groups -OCH3 is 2. The van der Waals surface area contributed by atoms with Gasteiger partial charge in [0.2, 0.25) is 0 Å². The Morgan fingerprint density at radius 3 is 2.45 bits per heavy atom. The van der Waals surface area contributed by atoms with E-state index in [-0.39, 0.29) is 0 Å². The van der Waals surface area contributed by atoms with Crippen molar-refractivity contribution < 1.29 is 9.47 Å². The van der Waals surface area contributed by atoms with Crippen LogP contribution in [0.4, 0.5) is 0 Å². The first-order valence-corrected chi connectivity index (χ1v) is 8.51. The normalized spacial score (nSPS) is 21.7. The van der Waals surface area contributed by atoms with E-state index in [4.69, 9.17) is 9.47 Å². The third kappa shape index (κ3) is 3.08. The van der Waals surface area contributed by atoms with E-state index >= 15 is 0 Å². The second kappa shape index (κ2) is 7.34. The fourth-order valence-electron chi connectivity index (χ4n) is 4.13. The molecule has 3 rings (SSSR count). The summed E-state index contributed by atoms with van der Waals surface area (Å²) in [7, 11) is 3.47. The van der Waals surface area contributed by atoms with Crippen LogP contribution in [0.2, 0.25) is 0 Å². The highest BCUT2D eigenvalue weighted by molar-refractivity contribution is 5.48. The zero-order valence-electron chi connectivity index (χ0n) is 13.8. The monoisotopic (exact) mass is 304 g/mol. The minimum Gasteiger partial charge on any atom is -0.493 e. The van der Waals surface area contributed by atoms with Crippen LogP contribution in [0.5, 0.6) is 11.5 Å². The van der Waals surface area contributed by atoms with Crippen molar-refractivity contribution in [3.8, 4) is 11.5 Å². The van der Waals surface area contributed by atoms with Gasteiger partial charge in [-0.25, -0.2) is 0 Å². The van der Waals surface area contributed by atoms with Crippen LogP contribution in [0.1, 0.15) is 37.3 Å². The van der Waals surface area contributed by atoms with Gasteiger partial charge in [-0.1, -0.05) is 25.0 Å². The van der Waals surface area contributed by atoms with E-state index in [0.29, 0.717) is 6.04 Å². The first kappa shape index (κ1) is 15.6. The summed E-state index contributed by atoms with van der Waals surface area (Å²) in [5.74, 6) is 2.50. The highest BCUT2D eigenvalue weighted by atomic mass is 16.5. The number of para-hydroxylation sites is 1. The van der Waals surface area contributed by atoms with Gasteiger partial charge in [0.25, 0.3) is 0 Å². The maximum absolute atomic E-state index is 5.73. The van der Waals surface area contributed by atoms with Crippen LogP contribution in [0.3, 0.4) is 0 Å². The van der Waals surface area contributed by atoms with E-state index in [1.807, 2.05) is 6.07 Å². The molecule has 22 heavy (non-hydrogen) atoms. The van der Waals surface area contributed by atoms with Gasteiger partial charge in [0.05, 0.1) is 14.2 Å². The zero-order chi connectivity index (χ0) is 15.4. The van der Waals surface area contributed by atoms with Crippen molar-refractivity contribution in [2.75, 3.05) is 40.4 Å². The molecule has 2 aliphatic rings. The first-order chi connectivity index (χ1) is 10.8. The number of hydrogen-bond donors (Lipinski definition) is 1. The van der Waals surface area contributed by atoms with E-state index in [1.165, 1.54) is 31.2 Å². The Morgan fingerprint density at radius 1 is 1.09 bits per heavy atom. The SMILES string of the molecule is COc1cccc([C@H](C2CCCC2)N2CCNCC2)c1OC. The summed E-state index contributed by atoms with van der Waals surface area (Å²) in [6.07, 6.45) is 5.38.